The van der Waals surface area contributed by atoms with Gasteiger partial charge < -0.3 is 19.7 Å². The van der Waals surface area contributed by atoms with E-state index in [-0.39, 0.29) is 5.97 Å². The fraction of sp³-hybridized carbons (Fsp3) is 0.444. The Labute approximate surface area is 164 Å². The maximum Gasteiger partial charge on any atom is 0.490 e. The molecule has 0 aliphatic carbocycles. The molecule has 8 nitrogen and oxygen atoms in total. The van der Waals surface area contributed by atoms with Gasteiger partial charge >= 0.3 is 18.1 Å². The molecule has 2 heterocycles. The molecule has 1 aromatic carbocycles. The predicted molar refractivity (Wildman–Crippen MR) is 92.9 cm³/mol. The highest BCUT2D eigenvalue weighted by Crippen LogP contribution is 2.28. The van der Waals surface area contributed by atoms with Gasteiger partial charge in [-0.2, -0.15) is 18.2 Å². The zero-order valence-corrected chi connectivity index (χ0v) is 15.5. The highest BCUT2D eigenvalue weighted by Gasteiger charge is 2.38. The number of piperidine rings is 1. The van der Waals surface area contributed by atoms with Crippen LogP contribution < -0.4 is 5.32 Å². The summed E-state index contributed by atoms with van der Waals surface area (Å²) in [5, 5.41) is 14.5. The van der Waals surface area contributed by atoms with Crippen molar-refractivity contribution in [2.45, 2.75) is 38.0 Å². The minimum atomic E-state index is -5.08. The Kier molecular flexibility index (Phi) is 7.71. The molecule has 3 rings (SSSR count). The van der Waals surface area contributed by atoms with E-state index in [1.165, 1.54) is 6.92 Å². The SMILES string of the molecule is CC(=O)OC(c1ccccc1)c1nc(C2CCNCC2)no1.O=C(O)C(F)(F)F. The molecule has 11 heteroatoms. The van der Waals surface area contributed by atoms with Gasteiger partial charge in [0.15, 0.2) is 5.82 Å². The van der Waals surface area contributed by atoms with E-state index in [1.807, 2.05) is 30.3 Å². The molecule has 1 aromatic heterocycles. The van der Waals surface area contributed by atoms with Crippen molar-refractivity contribution < 1.29 is 37.1 Å². The van der Waals surface area contributed by atoms with E-state index in [2.05, 4.69) is 15.5 Å². The zero-order valence-electron chi connectivity index (χ0n) is 15.5. The molecular weight excluding hydrogens is 395 g/mol. The summed E-state index contributed by atoms with van der Waals surface area (Å²) >= 11 is 0. The minimum Gasteiger partial charge on any atom is -0.475 e. The molecule has 0 amide bonds. The average molecular weight is 415 g/mol. The first-order valence-corrected chi connectivity index (χ1v) is 8.75. The second kappa shape index (κ2) is 10.0. The van der Waals surface area contributed by atoms with Gasteiger partial charge in [-0.05, 0) is 25.9 Å². The molecule has 0 bridgehead atoms. The van der Waals surface area contributed by atoms with Gasteiger partial charge in [-0.3, -0.25) is 4.79 Å². The van der Waals surface area contributed by atoms with E-state index in [9.17, 15) is 18.0 Å². The predicted octanol–water partition coefficient (Wildman–Crippen LogP) is 2.82. The van der Waals surface area contributed by atoms with Gasteiger partial charge in [0.25, 0.3) is 5.89 Å². The smallest absolute Gasteiger partial charge is 0.475 e. The number of nitrogens with one attached hydrogen (secondary N) is 1. The molecule has 1 unspecified atom stereocenters. The Balaban J connectivity index is 0.000000370. The van der Waals surface area contributed by atoms with Crippen LogP contribution in [-0.4, -0.2) is 46.5 Å². The lowest BCUT2D eigenvalue weighted by Gasteiger charge is -2.19. The van der Waals surface area contributed by atoms with Gasteiger partial charge in [0, 0.05) is 18.4 Å². The van der Waals surface area contributed by atoms with Crippen LogP contribution in [0.2, 0.25) is 0 Å². The lowest BCUT2D eigenvalue weighted by atomic mass is 9.97. The number of halogens is 3. The number of carbonyl (C=O) groups is 2. The summed E-state index contributed by atoms with van der Waals surface area (Å²) in [6.07, 6.45) is -3.76. The van der Waals surface area contributed by atoms with Crippen molar-refractivity contribution in [3.05, 3.63) is 47.6 Å². The Morgan fingerprint density at radius 2 is 1.83 bits per heavy atom. The number of carbonyl (C=O) groups excluding carboxylic acids is 1. The molecule has 1 atom stereocenters. The normalized spacial score (nSPS) is 15.7. The van der Waals surface area contributed by atoms with Crippen molar-refractivity contribution in [3.8, 4) is 0 Å². The summed E-state index contributed by atoms with van der Waals surface area (Å²) in [4.78, 5) is 24.8. The molecule has 29 heavy (non-hydrogen) atoms. The lowest BCUT2D eigenvalue weighted by Crippen LogP contribution is -2.27. The fourth-order valence-electron chi connectivity index (χ4n) is 2.65. The van der Waals surface area contributed by atoms with Crippen LogP contribution in [0.1, 0.15) is 49.1 Å². The number of hydrogen-bond acceptors (Lipinski definition) is 7. The van der Waals surface area contributed by atoms with Crippen LogP contribution in [0.3, 0.4) is 0 Å². The Morgan fingerprint density at radius 3 is 2.34 bits per heavy atom. The summed E-state index contributed by atoms with van der Waals surface area (Å²) in [6.45, 7) is 3.29. The van der Waals surface area contributed by atoms with Crippen molar-refractivity contribution in [1.29, 1.82) is 0 Å². The van der Waals surface area contributed by atoms with E-state index >= 15 is 0 Å². The first-order valence-electron chi connectivity index (χ1n) is 8.75. The summed E-state index contributed by atoms with van der Waals surface area (Å²) < 4.78 is 42.5. The first-order chi connectivity index (χ1) is 13.7. The molecule has 0 saturated carbocycles. The van der Waals surface area contributed by atoms with Gasteiger partial charge in [-0.25, -0.2) is 4.79 Å². The molecule has 2 aromatic rings. The Morgan fingerprint density at radius 1 is 1.24 bits per heavy atom. The third-order valence-electron chi connectivity index (χ3n) is 4.01. The lowest BCUT2D eigenvalue weighted by molar-refractivity contribution is -0.192. The third kappa shape index (κ3) is 6.86. The van der Waals surface area contributed by atoms with Crippen molar-refractivity contribution in [2.75, 3.05) is 13.1 Å². The molecule has 1 aliphatic rings. The van der Waals surface area contributed by atoms with Crippen LogP contribution in [0.4, 0.5) is 13.2 Å². The van der Waals surface area contributed by atoms with Crippen LogP contribution in [0.5, 0.6) is 0 Å². The number of nitrogens with zero attached hydrogens (tertiary/aromatic N) is 2. The average Bonchev–Trinajstić information content (AvgIpc) is 3.17. The summed E-state index contributed by atoms with van der Waals surface area (Å²) in [5.74, 6) is -1.81. The number of esters is 1. The number of aromatic nitrogens is 2. The Hall–Kier alpha value is -2.95. The highest BCUT2D eigenvalue weighted by atomic mass is 19.4. The third-order valence-corrected chi connectivity index (χ3v) is 4.01. The zero-order chi connectivity index (χ0) is 21.4. The number of alkyl halides is 3. The minimum absolute atomic E-state index is 0.299. The largest absolute Gasteiger partial charge is 0.490 e. The van der Waals surface area contributed by atoms with Crippen LogP contribution >= 0.6 is 0 Å². The quantitative estimate of drug-likeness (QED) is 0.733. The molecular formula is C18H20F3N3O5. The van der Waals surface area contributed by atoms with Crippen molar-refractivity contribution in [1.82, 2.24) is 15.5 Å². The molecule has 1 fully saturated rings. The highest BCUT2D eigenvalue weighted by molar-refractivity contribution is 5.73. The van der Waals surface area contributed by atoms with Crippen LogP contribution in [0.15, 0.2) is 34.9 Å². The standard InChI is InChI=1S/C16H19N3O3.C2HF3O2/c1-11(20)21-14(12-5-3-2-4-6-12)16-18-15(19-22-16)13-7-9-17-10-8-13;3-2(4,5)1(6)7/h2-6,13-14,17H,7-10H2,1H3;(H,6,7). The maximum atomic E-state index is 11.4. The second-order valence-corrected chi connectivity index (χ2v) is 6.22. The van der Waals surface area contributed by atoms with Crippen LogP contribution in [0.25, 0.3) is 0 Å². The topological polar surface area (TPSA) is 115 Å². The van der Waals surface area contributed by atoms with E-state index in [0.717, 1.165) is 31.5 Å². The van der Waals surface area contributed by atoms with Gasteiger partial charge in [0.2, 0.25) is 6.10 Å². The summed E-state index contributed by atoms with van der Waals surface area (Å²) in [5.41, 5.74) is 0.818. The molecule has 0 radical (unpaired) electrons. The molecule has 1 aliphatic heterocycles. The fourth-order valence-corrected chi connectivity index (χ4v) is 2.65. The maximum absolute atomic E-state index is 11.4. The van der Waals surface area contributed by atoms with Gasteiger partial charge in [0.1, 0.15) is 0 Å². The van der Waals surface area contributed by atoms with Crippen molar-refractivity contribution in [3.63, 3.8) is 0 Å². The molecule has 1 saturated heterocycles. The van der Waals surface area contributed by atoms with Gasteiger partial charge in [-0.1, -0.05) is 35.5 Å². The van der Waals surface area contributed by atoms with Crippen LogP contribution in [0, 0.1) is 0 Å². The second-order valence-electron chi connectivity index (χ2n) is 6.22. The molecule has 0 spiro atoms. The molecule has 158 valence electrons. The summed E-state index contributed by atoms with van der Waals surface area (Å²) in [7, 11) is 0. The number of hydrogen-bond donors (Lipinski definition) is 2. The van der Waals surface area contributed by atoms with Crippen molar-refractivity contribution >= 4 is 11.9 Å². The summed E-state index contributed by atoms with van der Waals surface area (Å²) in [6, 6.07) is 9.43. The number of benzene rings is 1. The Bertz CT molecular complexity index is 805. The first kappa shape index (κ1) is 22.3. The van der Waals surface area contributed by atoms with Crippen molar-refractivity contribution in [2.24, 2.45) is 0 Å². The van der Waals surface area contributed by atoms with E-state index in [4.69, 9.17) is 19.2 Å². The van der Waals surface area contributed by atoms with Gasteiger partial charge in [0.05, 0.1) is 0 Å². The number of carboxylic acids is 1. The monoisotopic (exact) mass is 415 g/mol. The van der Waals surface area contributed by atoms with Gasteiger partial charge in [-0.15, -0.1) is 0 Å². The van der Waals surface area contributed by atoms with E-state index in [1.54, 1.807) is 0 Å². The van der Waals surface area contributed by atoms with E-state index < -0.39 is 18.2 Å². The number of aliphatic carboxylic acids is 1. The molecule has 2 N–H and O–H groups in total. The van der Waals surface area contributed by atoms with Crippen LogP contribution in [-0.2, 0) is 14.3 Å². The van der Waals surface area contributed by atoms with E-state index in [0.29, 0.717) is 17.6 Å². The number of carboxylic acid groups (broad SMARTS) is 1. The number of ether oxygens (including phenoxy) is 1. The number of rotatable bonds is 4.